The van der Waals surface area contributed by atoms with E-state index in [0.29, 0.717) is 0 Å². The Morgan fingerprint density at radius 2 is 1.66 bits per heavy atom. The minimum atomic E-state index is 1.04. The van der Waals surface area contributed by atoms with Gasteiger partial charge in [0.15, 0.2) is 6.20 Å². The maximum Gasteiger partial charge on any atom is 0.213 e. The van der Waals surface area contributed by atoms with Crippen LogP contribution in [0, 0.1) is 0 Å². The van der Waals surface area contributed by atoms with Crippen LogP contribution >= 0.6 is 0 Å². The molecule has 0 aliphatic carbocycles. The topological polar surface area (TPSA) is 7.12 Å². The number of unbranched alkanes of at least 4 members (excludes halogenated alkanes) is 1. The second-order valence-electron chi connectivity index (χ2n) is 12.0. The molecule has 0 spiro atoms. The molecule has 3 aliphatic heterocycles. The molecule has 2 heteroatoms. The van der Waals surface area contributed by atoms with Gasteiger partial charge < -0.3 is 4.90 Å². The summed E-state index contributed by atoms with van der Waals surface area (Å²) >= 11 is 0. The summed E-state index contributed by atoms with van der Waals surface area (Å²) in [5, 5.41) is 0. The molecule has 41 heavy (non-hydrogen) atoms. The lowest BCUT2D eigenvalue weighted by Crippen LogP contribution is -2.35. The number of aromatic nitrogens is 1. The average molecular weight is 542 g/mol. The number of allylic oxidation sites excluding steroid dienone is 5. The fourth-order valence-corrected chi connectivity index (χ4v) is 7.12. The minimum Gasteiger partial charge on any atom is -0.371 e. The Hall–Kier alpha value is -3.65. The van der Waals surface area contributed by atoms with E-state index in [1.165, 1.54) is 90.7 Å². The van der Waals surface area contributed by atoms with Crippen molar-refractivity contribution in [1.29, 1.82) is 0 Å². The molecule has 0 amide bonds. The molecule has 0 radical (unpaired) electrons. The molecule has 210 valence electrons. The van der Waals surface area contributed by atoms with Crippen LogP contribution in [-0.2, 0) is 32.2 Å². The second kappa shape index (κ2) is 12.5. The van der Waals surface area contributed by atoms with Gasteiger partial charge in [-0.1, -0.05) is 68.5 Å². The van der Waals surface area contributed by atoms with Crippen molar-refractivity contribution < 1.29 is 4.57 Å². The van der Waals surface area contributed by atoms with Gasteiger partial charge in [-0.3, -0.25) is 0 Å². The summed E-state index contributed by atoms with van der Waals surface area (Å²) in [7, 11) is 0. The third kappa shape index (κ3) is 5.75. The molecule has 2 aromatic carbocycles. The third-order valence-electron chi connectivity index (χ3n) is 9.08. The maximum atomic E-state index is 4.59. The molecular formula is C39H45N2+. The predicted octanol–water partition coefficient (Wildman–Crippen LogP) is 8.94. The van der Waals surface area contributed by atoms with Crippen molar-refractivity contribution in [1.82, 2.24) is 0 Å². The molecule has 1 aromatic heterocycles. The lowest BCUT2D eigenvalue weighted by atomic mass is 9.86. The number of nitrogens with zero attached hydrogens (tertiary/aromatic N) is 2. The van der Waals surface area contributed by atoms with Crippen LogP contribution in [0.4, 0.5) is 5.69 Å². The molecule has 3 aromatic rings. The van der Waals surface area contributed by atoms with Crippen LogP contribution in [-0.4, -0.2) is 13.1 Å². The smallest absolute Gasteiger partial charge is 0.213 e. The van der Waals surface area contributed by atoms with Crippen LogP contribution < -0.4 is 9.47 Å². The molecular weight excluding hydrogens is 496 g/mol. The molecule has 0 N–H and O–H groups in total. The zero-order valence-electron chi connectivity index (χ0n) is 25.1. The highest BCUT2D eigenvalue weighted by Gasteiger charge is 2.27. The van der Waals surface area contributed by atoms with Gasteiger partial charge in [0.25, 0.3) is 0 Å². The molecule has 0 atom stereocenters. The third-order valence-corrected chi connectivity index (χ3v) is 9.08. The summed E-state index contributed by atoms with van der Waals surface area (Å²) in [6.45, 7) is 12.4. The van der Waals surface area contributed by atoms with Crippen LogP contribution in [0.25, 0.3) is 29.0 Å². The van der Waals surface area contributed by atoms with Gasteiger partial charge in [-0.05, 0) is 109 Å². The van der Waals surface area contributed by atoms with Crippen LogP contribution in [0.3, 0.4) is 0 Å². The Morgan fingerprint density at radius 3 is 2.41 bits per heavy atom. The summed E-state index contributed by atoms with van der Waals surface area (Å²) < 4.78 is 2.47. The first kappa shape index (κ1) is 27.5. The van der Waals surface area contributed by atoms with Crippen molar-refractivity contribution in [2.75, 3.05) is 18.0 Å². The van der Waals surface area contributed by atoms with E-state index in [-0.39, 0.29) is 0 Å². The molecule has 4 heterocycles. The molecule has 0 fully saturated rings. The minimum absolute atomic E-state index is 1.04. The maximum absolute atomic E-state index is 4.59. The number of fused-ring (bicyclic) bond motifs is 3. The van der Waals surface area contributed by atoms with E-state index >= 15 is 0 Å². The van der Waals surface area contributed by atoms with E-state index in [2.05, 4.69) is 109 Å². The Morgan fingerprint density at radius 1 is 0.902 bits per heavy atom. The van der Waals surface area contributed by atoms with Gasteiger partial charge >= 0.3 is 0 Å². The van der Waals surface area contributed by atoms with Crippen molar-refractivity contribution in [3.05, 3.63) is 112 Å². The monoisotopic (exact) mass is 541 g/mol. The van der Waals surface area contributed by atoms with Gasteiger partial charge in [0.1, 0.15) is 6.54 Å². The Kier molecular flexibility index (Phi) is 8.37. The van der Waals surface area contributed by atoms with E-state index in [0.717, 1.165) is 31.4 Å². The summed E-state index contributed by atoms with van der Waals surface area (Å²) in [4.78, 5) is 2.63. The van der Waals surface area contributed by atoms with Crippen molar-refractivity contribution in [2.24, 2.45) is 0 Å². The van der Waals surface area contributed by atoms with Crippen LogP contribution in [0.15, 0.2) is 73.5 Å². The first-order valence-corrected chi connectivity index (χ1v) is 15.9. The molecule has 6 rings (SSSR count). The number of rotatable bonds is 8. The molecule has 3 aliphatic rings. The molecule has 0 bridgehead atoms. The number of anilines is 1. The summed E-state index contributed by atoms with van der Waals surface area (Å²) in [5.41, 5.74) is 15.3. The van der Waals surface area contributed by atoms with Crippen LogP contribution in [0.2, 0.25) is 0 Å². The molecule has 0 unspecified atom stereocenters. The normalized spacial score (nSPS) is 16.2. The molecule has 0 saturated heterocycles. The Balaban J connectivity index is 1.41. The summed E-state index contributed by atoms with van der Waals surface area (Å²) in [5.74, 6) is 0. The van der Waals surface area contributed by atoms with Gasteiger partial charge in [-0.2, -0.15) is 4.57 Å². The van der Waals surface area contributed by atoms with E-state index in [1.54, 1.807) is 16.8 Å². The van der Waals surface area contributed by atoms with Gasteiger partial charge in [-0.25, -0.2) is 0 Å². The highest BCUT2D eigenvalue weighted by atomic mass is 15.1. The lowest BCUT2D eigenvalue weighted by Gasteiger charge is -2.37. The first-order valence-electron chi connectivity index (χ1n) is 15.9. The van der Waals surface area contributed by atoms with Crippen LogP contribution in [0.1, 0.15) is 84.9 Å². The van der Waals surface area contributed by atoms with E-state index < -0.39 is 0 Å². The standard InChI is InChI=1S/C39H45N2/c1-4-6-8-12-29(3)37-32(13-7-5-2)19-20-33-14-9-22-40-25-21-30(28-36(40)38(33)37)17-18-31-26-34-15-10-23-41-24-11-16-35(27-31)39(34)41/h4,6,8,12,17-21,25-28H,3,5,7,9-11,13-16,22-24H2,1-2H3/q+1/b6-4-,12-8-. The van der Waals surface area contributed by atoms with Gasteiger partial charge in [0.2, 0.25) is 5.69 Å². The summed E-state index contributed by atoms with van der Waals surface area (Å²) in [6, 6.07) is 14.4. The largest absolute Gasteiger partial charge is 0.371 e. The Labute approximate surface area is 247 Å². The number of aryl methyl sites for hydroxylation is 5. The SMILES string of the molecule is C=C(/C=C\C=C/C)c1c(CCCC)ccc2c1-c1cc(/C=C/c3cc4c5c(c3)CCCN5CCC4)cc[n+]1CCC2. The predicted molar refractivity (Wildman–Crippen MR) is 176 cm³/mol. The average Bonchev–Trinajstić information content (AvgIpc) is 3.18. The number of hydrogen-bond acceptors (Lipinski definition) is 1. The van der Waals surface area contributed by atoms with Crippen molar-refractivity contribution in [3.8, 4) is 11.3 Å². The fraction of sp³-hybridized carbons (Fsp3) is 0.359. The first-order chi connectivity index (χ1) is 20.2. The van der Waals surface area contributed by atoms with Crippen molar-refractivity contribution in [2.45, 2.75) is 78.2 Å². The highest BCUT2D eigenvalue weighted by Crippen LogP contribution is 2.38. The molecule has 0 saturated carbocycles. The second-order valence-corrected chi connectivity index (χ2v) is 12.0. The van der Waals surface area contributed by atoms with Crippen molar-refractivity contribution in [3.63, 3.8) is 0 Å². The zero-order valence-corrected chi connectivity index (χ0v) is 25.1. The van der Waals surface area contributed by atoms with Crippen molar-refractivity contribution >= 4 is 23.4 Å². The zero-order chi connectivity index (χ0) is 28.2. The van der Waals surface area contributed by atoms with Gasteiger partial charge in [0.05, 0.1) is 5.56 Å². The number of hydrogen-bond donors (Lipinski definition) is 0. The lowest BCUT2D eigenvalue weighted by molar-refractivity contribution is -0.686. The number of pyridine rings is 1. The van der Waals surface area contributed by atoms with E-state index in [4.69, 9.17) is 0 Å². The Bertz CT molecular complexity index is 1500. The quantitative estimate of drug-likeness (QED) is 0.204. The van der Waals surface area contributed by atoms with Gasteiger partial charge in [0, 0.05) is 37.3 Å². The van der Waals surface area contributed by atoms with Crippen LogP contribution in [0.5, 0.6) is 0 Å². The molecule has 2 nitrogen and oxygen atoms in total. The number of benzene rings is 2. The van der Waals surface area contributed by atoms with E-state index in [9.17, 15) is 0 Å². The highest BCUT2D eigenvalue weighted by molar-refractivity contribution is 5.87. The summed E-state index contributed by atoms with van der Waals surface area (Å²) in [6.07, 6.45) is 26.2. The van der Waals surface area contributed by atoms with E-state index in [1.807, 2.05) is 0 Å². The fourth-order valence-electron chi connectivity index (χ4n) is 7.12. The van der Waals surface area contributed by atoms with Gasteiger partial charge in [-0.15, -0.1) is 0 Å².